The number of benzene rings is 1. The summed E-state index contributed by atoms with van der Waals surface area (Å²) in [5.74, 6) is 3.00. The van der Waals surface area contributed by atoms with Crippen molar-refractivity contribution in [1.82, 2.24) is 9.97 Å². The number of hydrogen-bond acceptors (Lipinski definition) is 4. The highest BCUT2D eigenvalue weighted by molar-refractivity contribution is 9.10. The first-order chi connectivity index (χ1) is 10.1. The van der Waals surface area contributed by atoms with Crippen LogP contribution in [0.2, 0.25) is 0 Å². The van der Waals surface area contributed by atoms with Gasteiger partial charge in [-0.2, -0.15) is 0 Å². The van der Waals surface area contributed by atoms with Crippen molar-refractivity contribution in [3.05, 3.63) is 45.8 Å². The molecule has 1 aliphatic rings. The highest BCUT2D eigenvalue weighted by Crippen LogP contribution is 2.38. The number of rotatable bonds is 3. The average Bonchev–Trinajstić information content (AvgIpc) is 2.91. The van der Waals surface area contributed by atoms with E-state index in [1.165, 1.54) is 0 Å². The Morgan fingerprint density at radius 1 is 1.29 bits per heavy atom. The molecular formula is C16H18BrN3O. The fraction of sp³-hybridized carbons (Fsp3) is 0.375. The summed E-state index contributed by atoms with van der Waals surface area (Å²) in [6, 6.07) is 8.10. The van der Waals surface area contributed by atoms with Crippen LogP contribution in [-0.2, 0) is 0 Å². The molecule has 0 saturated carbocycles. The minimum atomic E-state index is 0.0962. The third kappa shape index (κ3) is 2.50. The number of anilines is 1. The summed E-state index contributed by atoms with van der Waals surface area (Å²) in [4.78, 5) is 9.45. The molecule has 0 spiro atoms. The average molecular weight is 348 g/mol. The Hall–Kier alpha value is -1.62. The number of nitrogens with one attached hydrogen (secondary N) is 1. The first kappa shape index (κ1) is 14.3. The smallest absolute Gasteiger partial charge is 0.144 e. The van der Waals surface area contributed by atoms with Crippen LogP contribution in [0.4, 0.5) is 5.82 Å². The van der Waals surface area contributed by atoms with E-state index in [2.05, 4.69) is 46.1 Å². The molecule has 0 bridgehead atoms. The minimum Gasteiger partial charge on any atom is -0.492 e. The lowest BCUT2D eigenvalue weighted by Crippen LogP contribution is -2.12. The molecule has 0 fully saturated rings. The van der Waals surface area contributed by atoms with Gasteiger partial charge < -0.3 is 10.1 Å². The molecule has 21 heavy (non-hydrogen) atoms. The third-order valence-corrected chi connectivity index (χ3v) is 4.47. The lowest BCUT2D eigenvalue weighted by atomic mass is 10.00. The molecule has 1 aromatic carbocycles. The van der Waals surface area contributed by atoms with Crippen LogP contribution >= 0.6 is 15.9 Å². The second kappa shape index (κ2) is 5.64. The lowest BCUT2D eigenvalue weighted by molar-refractivity contribution is 0.339. The molecule has 1 unspecified atom stereocenters. The molecule has 1 aromatic heterocycles. The standard InChI is InChI=1S/C16H18BrN3O/c1-9(2)14-13(17)16(18-3)20-15(19-14)11-8-21-12-7-5-4-6-10(11)12/h4-7,9,11H,8H2,1-3H3,(H,18,19,20). The molecule has 1 aliphatic heterocycles. The summed E-state index contributed by atoms with van der Waals surface area (Å²) in [7, 11) is 1.88. The van der Waals surface area contributed by atoms with Crippen LogP contribution in [0.3, 0.4) is 0 Å². The van der Waals surface area contributed by atoms with Crippen LogP contribution in [-0.4, -0.2) is 23.6 Å². The number of fused-ring (bicyclic) bond motifs is 1. The Kier molecular flexibility index (Phi) is 3.85. The number of aromatic nitrogens is 2. The monoisotopic (exact) mass is 347 g/mol. The molecular weight excluding hydrogens is 330 g/mol. The highest BCUT2D eigenvalue weighted by atomic mass is 79.9. The molecule has 110 valence electrons. The summed E-state index contributed by atoms with van der Waals surface area (Å²) in [6.45, 7) is 4.87. The minimum absolute atomic E-state index is 0.0962. The molecule has 2 aromatic rings. The maximum Gasteiger partial charge on any atom is 0.144 e. The van der Waals surface area contributed by atoms with Gasteiger partial charge in [-0.25, -0.2) is 9.97 Å². The van der Waals surface area contributed by atoms with Crippen molar-refractivity contribution in [3.8, 4) is 5.75 Å². The van der Waals surface area contributed by atoms with Crippen molar-refractivity contribution in [2.75, 3.05) is 19.0 Å². The summed E-state index contributed by atoms with van der Waals surface area (Å²) < 4.78 is 6.70. The summed E-state index contributed by atoms with van der Waals surface area (Å²) in [5.41, 5.74) is 2.19. The molecule has 3 rings (SSSR count). The predicted octanol–water partition coefficient (Wildman–Crippen LogP) is 3.93. The largest absolute Gasteiger partial charge is 0.492 e. The Morgan fingerprint density at radius 3 is 2.76 bits per heavy atom. The summed E-state index contributed by atoms with van der Waals surface area (Å²) in [6.07, 6.45) is 0. The zero-order valence-corrected chi connectivity index (χ0v) is 13.9. The molecule has 0 radical (unpaired) electrons. The van der Waals surface area contributed by atoms with Gasteiger partial charge in [-0.15, -0.1) is 0 Å². The van der Waals surface area contributed by atoms with Crippen molar-refractivity contribution >= 4 is 21.7 Å². The van der Waals surface area contributed by atoms with Crippen LogP contribution in [0.5, 0.6) is 5.75 Å². The van der Waals surface area contributed by atoms with Gasteiger partial charge in [0.1, 0.15) is 24.0 Å². The quantitative estimate of drug-likeness (QED) is 0.913. The van der Waals surface area contributed by atoms with E-state index in [0.717, 1.165) is 33.1 Å². The van der Waals surface area contributed by atoms with Crippen LogP contribution < -0.4 is 10.1 Å². The summed E-state index contributed by atoms with van der Waals surface area (Å²) in [5, 5.41) is 3.14. The van der Waals surface area contributed by atoms with Gasteiger partial charge in [0.15, 0.2) is 0 Å². The van der Waals surface area contributed by atoms with Crippen molar-refractivity contribution in [1.29, 1.82) is 0 Å². The molecule has 5 heteroatoms. The van der Waals surface area contributed by atoms with E-state index in [1.54, 1.807) is 0 Å². The van der Waals surface area contributed by atoms with Gasteiger partial charge in [-0.05, 0) is 27.9 Å². The molecule has 0 aliphatic carbocycles. The predicted molar refractivity (Wildman–Crippen MR) is 87.1 cm³/mol. The Morgan fingerprint density at radius 2 is 2.05 bits per heavy atom. The maximum absolute atomic E-state index is 5.76. The van der Waals surface area contributed by atoms with Gasteiger partial charge in [-0.1, -0.05) is 32.0 Å². The Labute approximate surface area is 133 Å². The lowest BCUT2D eigenvalue weighted by Gasteiger charge is -2.16. The maximum atomic E-state index is 5.76. The number of ether oxygens (including phenoxy) is 1. The molecule has 4 nitrogen and oxygen atoms in total. The van der Waals surface area contributed by atoms with Crippen LogP contribution in [0.25, 0.3) is 0 Å². The van der Waals surface area contributed by atoms with E-state index in [-0.39, 0.29) is 5.92 Å². The van der Waals surface area contributed by atoms with Gasteiger partial charge in [0.05, 0.1) is 16.1 Å². The van der Waals surface area contributed by atoms with E-state index < -0.39 is 0 Å². The normalized spacial score (nSPS) is 16.7. The van der Waals surface area contributed by atoms with E-state index in [4.69, 9.17) is 9.72 Å². The first-order valence-corrected chi connectivity index (χ1v) is 7.88. The molecule has 1 N–H and O–H groups in total. The van der Waals surface area contributed by atoms with Crippen molar-refractivity contribution in [3.63, 3.8) is 0 Å². The Balaban J connectivity index is 2.10. The van der Waals surface area contributed by atoms with E-state index in [0.29, 0.717) is 12.5 Å². The van der Waals surface area contributed by atoms with E-state index >= 15 is 0 Å². The number of hydrogen-bond donors (Lipinski definition) is 1. The SMILES string of the molecule is CNc1nc(C2COc3ccccc32)nc(C(C)C)c1Br. The second-order valence-corrected chi connectivity index (χ2v) is 6.23. The van der Waals surface area contributed by atoms with Gasteiger partial charge >= 0.3 is 0 Å². The molecule has 2 heterocycles. The van der Waals surface area contributed by atoms with Crippen molar-refractivity contribution in [2.24, 2.45) is 0 Å². The van der Waals surface area contributed by atoms with Crippen LogP contribution in [0, 0.1) is 0 Å². The first-order valence-electron chi connectivity index (χ1n) is 7.08. The molecule has 0 saturated heterocycles. The highest BCUT2D eigenvalue weighted by Gasteiger charge is 2.29. The molecule has 0 amide bonds. The zero-order valence-electron chi connectivity index (χ0n) is 12.4. The van der Waals surface area contributed by atoms with Crippen LogP contribution in [0.1, 0.15) is 42.8 Å². The van der Waals surface area contributed by atoms with Gasteiger partial charge in [0, 0.05) is 12.6 Å². The van der Waals surface area contributed by atoms with Gasteiger partial charge in [-0.3, -0.25) is 0 Å². The van der Waals surface area contributed by atoms with Crippen molar-refractivity contribution < 1.29 is 4.74 Å². The van der Waals surface area contributed by atoms with E-state index in [9.17, 15) is 0 Å². The van der Waals surface area contributed by atoms with Crippen molar-refractivity contribution in [2.45, 2.75) is 25.7 Å². The third-order valence-electron chi connectivity index (χ3n) is 3.69. The fourth-order valence-corrected chi connectivity index (χ4v) is 3.40. The topological polar surface area (TPSA) is 47.0 Å². The fourth-order valence-electron chi connectivity index (χ4n) is 2.56. The number of nitrogens with zero attached hydrogens (tertiary/aromatic N) is 2. The van der Waals surface area contributed by atoms with E-state index in [1.807, 2.05) is 25.2 Å². The zero-order chi connectivity index (χ0) is 15.0. The van der Waals surface area contributed by atoms with Gasteiger partial charge in [0.2, 0.25) is 0 Å². The van der Waals surface area contributed by atoms with Gasteiger partial charge in [0.25, 0.3) is 0 Å². The summed E-state index contributed by atoms with van der Waals surface area (Å²) >= 11 is 3.60. The van der Waals surface area contributed by atoms with Crippen LogP contribution in [0.15, 0.2) is 28.7 Å². The second-order valence-electron chi connectivity index (χ2n) is 5.44. The Bertz CT molecular complexity index is 673. The number of para-hydroxylation sites is 1. The number of halogens is 1. The molecule has 1 atom stereocenters.